The number of carbonyl (C=O) groups is 1. The van der Waals surface area contributed by atoms with Gasteiger partial charge in [-0.3, -0.25) is 0 Å². The van der Waals surface area contributed by atoms with Gasteiger partial charge in [0.2, 0.25) is 0 Å². The van der Waals surface area contributed by atoms with Gasteiger partial charge in [-0.1, -0.05) is 19.9 Å². The van der Waals surface area contributed by atoms with E-state index in [-0.39, 0.29) is 24.6 Å². The van der Waals surface area contributed by atoms with Gasteiger partial charge in [0, 0.05) is 18.0 Å². The molecule has 0 aliphatic rings. The van der Waals surface area contributed by atoms with E-state index in [0.717, 1.165) is 17.7 Å². The molecule has 21 heavy (non-hydrogen) atoms. The highest BCUT2D eigenvalue weighted by atomic mass is 32.1. The molecule has 0 radical (unpaired) electrons. The summed E-state index contributed by atoms with van der Waals surface area (Å²) in [7, 11) is 0. The molecule has 120 valence electrons. The number of aliphatic hydroxyl groups is 2. The normalized spacial score (nSPS) is 14.5. The van der Waals surface area contributed by atoms with Crippen LogP contribution in [0.3, 0.4) is 0 Å². The third-order valence-corrected chi connectivity index (χ3v) is 4.51. The second-order valence-corrected chi connectivity index (χ2v) is 7.23. The van der Waals surface area contributed by atoms with Crippen molar-refractivity contribution in [2.45, 2.75) is 39.2 Å². The van der Waals surface area contributed by atoms with Crippen LogP contribution in [-0.4, -0.2) is 35.9 Å². The first-order valence-corrected chi connectivity index (χ1v) is 8.04. The second-order valence-electron chi connectivity index (χ2n) is 6.29. The van der Waals surface area contributed by atoms with Gasteiger partial charge in [0.05, 0.1) is 6.54 Å². The van der Waals surface area contributed by atoms with E-state index in [1.807, 2.05) is 31.4 Å². The minimum atomic E-state index is -1.05. The molecular formula is C15H26N2O3S. The van der Waals surface area contributed by atoms with E-state index in [4.69, 9.17) is 5.11 Å². The van der Waals surface area contributed by atoms with Gasteiger partial charge in [-0.15, -0.1) is 11.3 Å². The van der Waals surface area contributed by atoms with Crippen LogP contribution in [0.15, 0.2) is 17.5 Å². The summed E-state index contributed by atoms with van der Waals surface area (Å²) in [6, 6.07) is 3.44. The molecule has 6 heteroatoms. The van der Waals surface area contributed by atoms with Crippen molar-refractivity contribution in [2.75, 3.05) is 19.7 Å². The molecule has 1 atom stereocenters. The van der Waals surface area contributed by atoms with E-state index in [9.17, 15) is 9.90 Å². The molecule has 0 fully saturated rings. The summed E-state index contributed by atoms with van der Waals surface area (Å²) in [6.45, 7) is 6.53. The molecule has 0 aliphatic carbocycles. The fraction of sp³-hybridized carbons (Fsp3) is 0.667. The Morgan fingerprint density at radius 2 is 2.05 bits per heavy atom. The minimum Gasteiger partial charge on any atom is -0.396 e. The van der Waals surface area contributed by atoms with Crippen molar-refractivity contribution >= 4 is 17.4 Å². The summed E-state index contributed by atoms with van der Waals surface area (Å²) in [5, 5.41) is 26.7. The Labute approximate surface area is 130 Å². The molecule has 0 bridgehead atoms. The number of amides is 2. The van der Waals surface area contributed by atoms with Crippen LogP contribution in [0.2, 0.25) is 0 Å². The lowest BCUT2D eigenvalue weighted by molar-refractivity contribution is 0.0631. The number of hydrogen-bond donors (Lipinski definition) is 4. The Kier molecular flexibility index (Phi) is 6.64. The van der Waals surface area contributed by atoms with Crippen LogP contribution in [0.5, 0.6) is 0 Å². The van der Waals surface area contributed by atoms with Gasteiger partial charge < -0.3 is 20.8 Å². The van der Waals surface area contributed by atoms with Gasteiger partial charge in [0.25, 0.3) is 0 Å². The average molecular weight is 314 g/mol. The van der Waals surface area contributed by atoms with Crippen LogP contribution in [0.1, 0.15) is 38.5 Å². The summed E-state index contributed by atoms with van der Waals surface area (Å²) in [4.78, 5) is 12.5. The molecule has 0 saturated carbocycles. The third kappa shape index (κ3) is 6.46. The van der Waals surface area contributed by atoms with Gasteiger partial charge in [-0.05, 0) is 36.6 Å². The summed E-state index contributed by atoms with van der Waals surface area (Å²) < 4.78 is 0. The lowest BCUT2D eigenvalue weighted by Gasteiger charge is -2.23. The van der Waals surface area contributed by atoms with E-state index in [2.05, 4.69) is 10.6 Å². The van der Waals surface area contributed by atoms with Crippen molar-refractivity contribution in [3.8, 4) is 0 Å². The molecule has 1 rings (SSSR count). The van der Waals surface area contributed by atoms with Gasteiger partial charge in [0.15, 0.2) is 0 Å². The minimum absolute atomic E-state index is 0.110. The maximum Gasteiger partial charge on any atom is 0.314 e. The highest BCUT2D eigenvalue weighted by Crippen LogP contribution is 2.24. The number of hydrogen-bond acceptors (Lipinski definition) is 4. The molecule has 2 amide bonds. The predicted molar refractivity (Wildman–Crippen MR) is 85.4 cm³/mol. The van der Waals surface area contributed by atoms with Gasteiger partial charge >= 0.3 is 6.03 Å². The Morgan fingerprint density at radius 3 is 2.62 bits per heavy atom. The molecule has 0 saturated heterocycles. The van der Waals surface area contributed by atoms with E-state index in [1.165, 1.54) is 11.3 Å². The molecule has 1 aromatic rings. The fourth-order valence-corrected chi connectivity index (χ4v) is 2.62. The number of aliphatic hydroxyl groups excluding tert-OH is 1. The Morgan fingerprint density at radius 1 is 1.33 bits per heavy atom. The molecule has 1 unspecified atom stereocenters. The smallest absolute Gasteiger partial charge is 0.314 e. The van der Waals surface area contributed by atoms with Crippen molar-refractivity contribution < 1.29 is 15.0 Å². The third-order valence-electron chi connectivity index (χ3n) is 3.39. The first kappa shape index (κ1) is 17.9. The summed E-state index contributed by atoms with van der Waals surface area (Å²) >= 11 is 1.46. The maximum atomic E-state index is 11.7. The first-order chi connectivity index (χ1) is 9.77. The van der Waals surface area contributed by atoms with Crippen LogP contribution >= 0.6 is 11.3 Å². The number of carbonyl (C=O) groups excluding carboxylic acids is 1. The summed E-state index contributed by atoms with van der Waals surface area (Å²) in [5.74, 6) is 0. The monoisotopic (exact) mass is 314 g/mol. The molecule has 0 aromatic carbocycles. The van der Waals surface area contributed by atoms with Crippen molar-refractivity contribution in [2.24, 2.45) is 5.41 Å². The van der Waals surface area contributed by atoms with E-state index >= 15 is 0 Å². The van der Waals surface area contributed by atoms with E-state index < -0.39 is 5.60 Å². The van der Waals surface area contributed by atoms with Crippen LogP contribution in [-0.2, 0) is 5.60 Å². The molecule has 1 heterocycles. The molecule has 4 N–H and O–H groups in total. The summed E-state index contributed by atoms with van der Waals surface area (Å²) in [5.41, 5.74) is -1.16. The van der Waals surface area contributed by atoms with Gasteiger partial charge in [-0.2, -0.15) is 0 Å². The van der Waals surface area contributed by atoms with Crippen molar-refractivity contribution in [3.05, 3.63) is 22.4 Å². The number of thiophene rings is 1. The van der Waals surface area contributed by atoms with Crippen LogP contribution < -0.4 is 10.6 Å². The summed E-state index contributed by atoms with van der Waals surface area (Å²) in [6.07, 6.45) is 1.65. The highest BCUT2D eigenvalue weighted by Gasteiger charge is 2.24. The largest absolute Gasteiger partial charge is 0.396 e. The molecular weight excluding hydrogens is 288 g/mol. The highest BCUT2D eigenvalue weighted by molar-refractivity contribution is 7.10. The van der Waals surface area contributed by atoms with E-state index in [1.54, 1.807) is 6.92 Å². The zero-order chi connectivity index (χ0) is 15.9. The second kappa shape index (κ2) is 7.77. The number of rotatable bonds is 8. The standard InChI is InChI=1S/C15H26N2O3S/c1-14(2,11-18)7-5-8-16-13(19)17-10-15(3,20)12-6-4-9-21-12/h4,6,9,18,20H,5,7-8,10-11H2,1-3H3,(H2,16,17,19). The predicted octanol–water partition coefficient (Wildman–Crippen LogP) is 2.05. The lowest BCUT2D eigenvalue weighted by Crippen LogP contribution is -2.43. The fourth-order valence-electron chi connectivity index (χ4n) is 1.83. The Balaban J connectivity index is 2.23. The van der Waals surface area contributed by atoms with Crippen molar-refractivity contribution in [1.82, 2.24) is 10.6 Å². The molecule has 5 nitrogen and oxygen atoms in total. The average Bonchev–Trinajstić information content (AvgIpc) is 2.96. The van der Waals surface area contributed by atoms with E-state index in [0.29, 0.717) is 6.54 Å². The maximum absolute atomic E-state index is 11.7. The zero-order valence-corrected chi connectivity index (χ0v) is 13.8. The number of urea groups is 1. The molecule has 1 aromatic heterocycles. The SMILES string of the molecule is CC(C)(CO)CCCNC(=O)NCC(C)(O)c1cccs1. The first-order valence-electron chi connectivity index (χ1n) is 7.16. The Bertz CT molecular complexity index is 430. The van der Waals surface area contributed by atoms with Gasteiger partial charge in [-0.25, -0.2) is 4.79 Å². The van der Waals surface area contributed by atoms with Crippen LogP contribution in [0, 0.1) is 5.41 Å². The van der Waals surface area contributed by atoms with Crippen molar-refractivity contribution in [1.29, 1.82) is 0 Å². The number of nitrogens with one attached hydrogen (secondary N) is 2. The molecule has 0 spiro atoms. The topological polar surface area (TPSA) is 81.6 Å². The molecule has 0 aliphatic heterocycles. The lowest BCUT2D eigenvalue weighted by atomic mass is 9.89. The van der Waals surface area contributed by atoms with Crippen molar-refractivity contribution in [3.63, 3.8) is 0 Å². The zero-order valence-electron chi connectivity index (χ0n) is 13.0. The van der Waals surface area contributed by atoms with Crippen LogP contribution in [0.4, 0.5) is 4.79 Å². The quantitative estimate of drug-likeness (QED) is 0.554. The Hall–Kier alpha value is -1.11. The van der Waals surface area contributed by atoms with Crippen LogP contribution in [0.25, 0.3) is 0 Å². The van der Waals surface area contributed by atoms with Gasteiger partial charge in [0.1, 0.15) is 5.60 Å².